The molecule has 0 radical (unpaired) electrons. The second-order valence-corrected chi connectivity index (χ2v) is 3.46. The van der Waals surface area contributed by atoms with Crippen LogP contribution in [0.25, 0.3) is 0 Å². The summed E-state index contributed by atoms with van der Waals surface area (Å²) in [4.78, 5) is 0. The molecule has 0 aliphatic carbocycles. The van der Waals surface area contributed by atoms with Gasteiger partial charge < -0.3 is 21.3 Å². The molecule has 0 aliphatic heterocycles. The molecule has 0 aromatic heterocycles. The number of methoxy groups -OCH3 is 1. The standard InChI is InChI=1S/C11H18N2O2/c1-15-8-4-5-11(14)9(7-8)10(13)3-2-6-12/h4-5,7,10,14H,2-3,6,12-13H2,1H3/t10-/m0/s1. The van der Waals surface area contributed by atoms with Gasteiger partial charge in [-0.15, -0.1) is 0 Å². The van der Waals surface area contributed by atoms with E-state index in [0.29, 0.717) is 17.9 Å². The second kappa shape index (κ2) is 5.58. The van der Waals surface area contributed by atoms with E-state index in [-0.39, 0.29) is 11.8 Å². The van der Waals surface area contributed by atoms with Gasteiger partial charge >= 0.3 is 0 Å². The van der Waals surface area contributed by atoms with Crippen molar-refractivity contribution < 1.29 is 9.84 Å². The van der Waals surface area contributed by atoms with Gasteiger partial charge in [-0.2, -0.15) is 0 Å². The zero-order valence-electron chi connectivity index (χ0n) is 8.94. The summed E-state index contributed by atoms with van der Waals surface area (Å²) in [6, 6.07) is 4.87. The summed E-state index contributed by atoms with van der Waals surface area (Å²) >= 11 is 0. The third kappa shape index (κ3) is 3.11. The molecule has 0 fully saturated rings. The third-order valence-electron chi connectivity index (χ3n) is 2.35. The van der Waals surface area contributed by atoms with Gasteiger partial charge in [0.15, 0.2) is 0 Å². The summed E-state index contributed by atoms with van der Waals surface area (Å²) in [6.07, 6.45) is 1.61. The Bertz CT molecular complexity index is 315. The van der Waals surface area contributed by atoms with Gasteiger partial charge in [-0.3, -0.25) is 0 Å². The number of aromatic hydroxyl groups is 1. The van der Waals surface area contributed by atoms with Gasteiger partial charge in [0.2, 0.25) is 0 Å². The van der Waals surface area contributed by atoms with Gasteiger partial charge in [0, 0.05) is 11.6 Å². The van der Waals surface area contributed by atoms with E-state index in [4.69, 9.17) is 16.2 Å². The quantitative estimate of drug-likeness (QED) is 0.680. The highest BCUT2D eigenvalue weighted by Crippen LogP contribution is 2.29. The Hall–Kier alpha value is -1.26. The molecule has 5 N–H and O–H groups in total. The van der Waals surface area contributed by atoms with Crippen molar-refractivity contribution in [3.05, 3.63) is 23.8 Å². The third-order valence-corrected chi connectivity index (χ3v) is 2.35. The van der Waals surface area contributed by atoms with Crippen molar-refractivity contribution in [1.29, 1.82) is 0 Å². The first-order chi connectivity index (χ1) is 7.19. The van der Waals surface area contributed by atoms with Crippen molar-refractivity contribution >= 4 is 0 Å². The molecule has 0 aliphatic rings. The molecule has 0 saturated heterocycles. The van der Waals surface area contributed by atoms with Crippen molar-refractivity contribution in [3.8, 4) is 11.5 Å². The number of nitrogens with two attached hydrogens (primary N) is 2. The second-order valence-electron chi connectivity index (χ2n) is 3.46. The topological polar surface area (TPSA) is 81.5 Å². The Labute approximate surface area is 89.8 Å². The Morgan fingerprint density at radius 3 is 2.80 bits per heavy atom. The summed E-state index contributed by atoms with van der Waals surface area (Å²) in [5.41, 5.74) is 12.1. The molecular weight excluding hydrogens is 192 g/mol. The highest BCUT2D eigenvalue weighted by molar-refractivity contribution is 5.41. The number of hydrogen-bond acceptors (Lipinski definition) is 4. The van der Waals surface area contributed by atoms with Crippen LogP contribution < -0.4 is 16.2 Å². The van der Waals surface area contributed by atoms with E-state index >= 15 is 0 Å². The maximum Gasteiger partial charge on any atom is 0.120 e. The lowest BCUT2D eigenvalue weighted by molar-refractivity contribution is 0.408. The van der Waals surface area contributed by atoms with E-state index in [0.717, 1.165) is 12.8 Å². The normalized spacial score (nSPS) is 12.5. The first-order valence-corrected chi connectivity index (χ1v) is 5.01. The fourth-order valence-electron chi connectivity index (χ4n) is 1.45. The first kappa shape index (κ1) is 11.8. The highest BCUT2D eigenvalue weighted by atomic mass is 16.5. The maximum absolute atomic E-state index is 9.63. The van der Waals surface area contributed by atoms with E-state index in [1.165, 1.54) is 0 Å². The Balaban J connectivity index is 2.81. The van der Waals surface area contributed by atoms with Crippen LogP contribution in [0.1, 0.15) is 24.4 Å². The van der Waals surface area contributed by atoms with Crippen molar-refractivity contribution in [2.75, 3.05) is 13.7 Å². The van der Waals surface area contributed by atoms with Gasteiger partial charge in [-0.1, -0.05) is 0 Å². The molecule has 0 saturated carbocycles. The minimum absolute atomic E-state index is 0.191. The molecule has 15 heavy (non-hydrogen) atoms. The largest absolute Gasteiger partial charge is 0.508 e. The van der Waals surface area contributed by atoms with Crippen LogP contribution in [0.3, 0.4) is 0 Å². The smallest absolute Gasteiger partial charge is 0.120 e. The molecule has 0 spiro atoms. The number of ether oxygens (including phenoxy) is 1. The minimum Gasteiger partial charge on any atom is -0.508 e. The van der Waals surface area contributed by atoms with Crippen molar-refractivity contribution in [2.24, 2.45) is 11.5 Å². The summed E-state index contributed by atoms with van der Waals surface area (Å²) in [5, 5.41) is 9.63. The van der Waals surface area contributed by atoms with Crippen LogP contribution in [0.15, 0.2) is 18.2 Å². The Kier molecular flexibility index (Phi) is 4.39. The Morgan fingerprint density at radius 2 is 2.20 bits per heavy atom. The zero-order valence-corrected chi connectivity index (χ0v) is 8.94. The average Bonchev–Trinajstić information content (AvgIpc) is 2.26. The van der Waals surface area contributed by atoms with Gasteiger partial charge in [0.05, 0.1) is 7.11 Å². The lowest BCUT2D eigenvalue weighted by Crippen LogP contribution is -2.12. The molecule has 0 bridgehead atoms. The lowest BCUT2D eigenvalue weighted by Gasteiger charge is -2.14. The van der Waals surface area contributed by atoms with Crippen LogP contribution in [0, 0.1) is 0 Å². The summed E-state index contributed by atoms with van der Waals surface area (Å²) in [7, 11) is 1.58. The molecule has 1 atom stereocenters. The van der Waals surface area contributed by atoms with Crippen LogP contribution in [0.4, 0.5) is 0 Å². The van der Waals surface area contributed by atoms with Crippen molar-refractivity contribution in [1.82, 2.24) is 0 Å². The number of phenolic OH excluding ortho intramolecular Hbond substituents is 1. The molecule has 4 nitrogen and oxygen atoms in total. The number of phenols is 1. The SMILES string of the molecule is COc1ccc(O)c([C@@H](N)CCCN)c1. The van der Waals surface area contributed by atoms with Crippen molar-refractivity contribution in [3.63, 3.8) is 0 Å². The molecule has 84 valence electrons. The minimum atomic E-state index is -0.191. The van der Waals surface area contributed by atoms with Crippen LogP contribution >= 0.6 is 0 Å². The lowest BCUT2D eigenvalue weighted by atomic mass is 10.0. The predicted molar refractivity (Wildman–Crippen MR) is 59.9 cm³/mol. The van der Waals surface area contributed by atoms with Crippen LogP contribution in [-0.4, -0.2) is 18.8 Å². The van der Waals surface area contributed by atoms with E-state index < -0.39 is 0 Å². The monoisotopic (exact) mass is 210 g/mol. The van der Waals surface area contributed by atoms with E-state index in [1.807, 2.05) is 0 Å². The molecule has 4 heteroatoms. The van der Waals surface area contributed by atoms with Gasteiger partial charge in [-0.05, 0) is 37.6 Å². The average molecular weight is 210 g/mol. The number of hydrogen-bond donors (Lipinski definition) is 3. The Morgan fingerprint density at radius 1 is 1.47 bits per heavy atom. The fraction of sp³-hybridized carbons (Fsp3) is 0.455. The molecule has 0 heterocycles. The van der Waals surface area contributed by atoms with Crippen LogP contribution in [0.2, 0.25) is 0 Å². The van der Waals surface area contributed by atoms with E-state index in [9.17, 15) is 5.11 Å². The maximum atomic E-state index is 9.63. The molecule has 0 amide bonds. The number of benzene rings is 1. The van der Waals surface area contributed by atoms with Gasteiger partial charge in [0.1, 0.15) is 11.5 Å². The first-order valence-electron chi connectivity index (χ1n) is 5.01. The highest BCUT2D eigenvalue weighted by Gasteiger charge is 2.11. The van der Waals surface area contributed by atoms with Gasteiger partial charge in [0.25, 0.3) is 0 Å². The van der Waals surface area contributed by atoms with Gasteiger partial charge in [-0.25, -0.2) is 0 Å². The summed E-state index contributed by atoms with van der Waals surface area (Å²) in [6.45, 7) is 0.610. The molecule has 1 aromatic rings. The van der Waals surface area contributed by atoms with E-state index in [1.54, 1.807) is 25.3 Å². The molecular formula is C11H18N2O2. The fourth-order valence-corrected chi connectivity index (χ4v) is 1.45. The van der Waals surface area contributed by atoms with Crippen molar-refractivity contribution in [2.45, 2.75) is 18.9 Å². The molecule has 0 unspecified atom stereocenters. The predicted octanol–water partition coefficient (Wildman–Crippen LogP) is 1.14. The van der Waals surface area contributed by atoms with E-state index in [2.05, 4.69) is 0 Å². The zero-order chi connectivity index (χ0) is 11.3. The van der Waals surface area contributed by atoms with Crippen LogP contribution in [-0.2, 0) is 0 Å². The molecule has 1 rings (SSSR count). The molecule has 1 aromatic carbocycles. The summed E-state index contributed by atoms with van der Waals surface area (Å²) in [5.74, 6) is 0.909. The number of rotatable bonds is 5. The summed E-state index contributed by atoms with van der Waals surface area (Å²) < 4.78 is 5.07. The van der Waals surface area contributed by atoms with Crippen LogP contribution in [0.5, 0.6) is 11.5 Å².